The van der Waals surface area contributed by atoms with E-state index in [1.807, 2.05) is 12.3 Å². The van der Waals surface area contributed by atoms with Gasteiger partial charge in [0.05, 0.1) is 21.7 Å². The number of pyridine rings is 1. The number of aromatic nitrogens is 2. The maximum atomic E-state index is 15.1. The first-order valence-corrected chi connectivity index (χ1v) is 11.4. The highest BCUT2D eigenvalue weighted by Crippen LogP contribution is 2.34. The predicted octanol–water partition coefficient (Wildman–Crippen LogP) is 5.46. The number of fused-ring (bicyclic) bond motifs is 1. The van der Waals surface area contributed by atoms with Gasteiger partial charge in [0.25, 0.3) is 0 Å². The topological polar surface area (TPSA) is 46.9 Å². The summed E-state index contributed by atoms with van der Waals surface area (Å²) < 4.78 is 32.5. The molecule has 1 aliphatic carbocycles. The van der Waals surface area contributed by atoms with E-state index in [9.17, 15) is 4.21 Å². The highest BCUT2D eigenvalue weighted by Gasteiger charge is 2.28. The number of rotatable bonds is 6. The highest BCUT2D eigenvalue weighted by molar-refractivity contribution is 7.83. The minimum absolute atomic E-state index is 0.0463. The molecule has 1 aliphatic rings. The summed E-state index contributed by atoms with van der Waals surface area (Å²) in [6.07, 6.45) is 5.67. The standard InChI is InChI=1S/C22H25ClFN3OS/c1-22(2,3)13-27-12-14(11-26-29(28)15-6-7-15)16-9-19(24)17(10-20(16)27)21-18(23)5-4-8-25-21/h4-5,8-10,12,15,26H,6-7,11,13H2,1-3H3. The van der Waals surface area contributed by atoms with Crippen molar-refractivity contribution in [3.05, 3.63) is 53.1 Å². The van der Waals surface area contributed by atoms with E-state index in [2.05, 4.69) is 35.0 Å². The van der Waals surface area contributed by atoms with Gasteiger partial charge in [-0.15, -0.1) is 0 Å². The van der Waals surface area contributed by atoms with Crippen molar-refractivity contribution < 1.29 is 8.60 Å². The van der Waals surface area contributed by atoms with Gasteiger partial charge in [0.15, 0.2) is 0 Å². The Labute approximate surface area is 178 Å². The fourth-order valence-corrected chi connectivity index (χ4v) is 4.80. The van der Waals surface area contributed by atoms with Gasteiger partial charge in [-0.25, -0.2) is 13.3 Å². The van der Waals surface area contributed by atoms with Gasteiger partial charge in [-0.2, -0.15) is 0 Å². The lowest BCUT2D eigenvalue weighted by molar-refractivity contribution is 0.349. The molecule has 7 heteroatoms. The van der Waals surface area contributed by atoms with E-state index < -0.39 is 11.0 Å². The van der Waals surface area contributed by atoms with Crippen LogP contribution in [0.4, 0.5) is 4.39 Å². The molecule has 0 amide bonds. The van der Waals surface area contributed by atoms with Crippen LogP contribution >= 0.6 is 11.6 Å². The van der Waals surface area contributed by atoms with Crippen molar-refractivity contribution in [1.82, 2.24) is 14.3 Å². The average molecular weight is 434 g/mol. The first kappa shape index (κ1) is 20.5. The molecule has 1 unspecified atom stereocenters. The largest absolute Gasteiger partial charge is 0.347 e. The second kappa shape index (κ2) is 7.82. The Morgan fingerprint density at radius 3 is 2.76 bits per heavy atom. The van der Waals surface area contributed by atoms with Gasteiger partial charge in [0, 0.05) is 47.2 Å². The lowest BCUT2D eigenvalue weighted by atomic mass is 9.97. The predicted molar refractivity (Wildman–Crippen MR) is 118 cm³/mol. The van der Waals surface area contributed by atoms with E-state index >= 15 is 4.39 Å². The lowest BCUT2D eigenvalue weighted by Gasteiger charge is -2.20. The fourth-order valence-electron chi connectivity index (χ4n) is 3.48. The summed E-state index contributed by atoms with van der Waals surface area (Å²) in [6.45, 7) is 7.72. The maximum Gasteiger partial charge on any atom is 0.133 e. The number of benzene rings is 1. The van der Waals surface area contributed by atoms with Crippen molar-refractivity contribution in [3.63, 3.8) is 0 Å². The Bertz CT molecular complexity index is 1090. The lowest BCUT2D eigenvalue weighted by Crippen LogP contribution is -2.19. The first-order chi connectivity index (χ1) is 13.7. The van der Waals surface area contributed by atoms with Gasteiger partial charge in [0.2, 0.25) is 0 Å². The second-order valence-corrected chi connectivity index (χ2v) is 10.8. The van der Waals surface area contributed by atoms with E-state index in [1.165, 1.54) is 0 Å². The van der Waals surface area contributed by atoms with Crippen LogP contribution < -0.4 is 4.72 Å². The van der Waals surface area contributed by atoms with E-state index in [1.54, 1.807) is 24.4 Å². The summed E-state index contributed by atoms with van der Waals surface area (Å²) in [4.78, 5) is 4.28. The number of nitrogens with zero attached hydrogens (tertiary/aromatic N) is 2. The van der Waals surface area contributed by atoms with Crippen molar-refractivity contribution in [2.45, 2.75) is 52.0 Å². The molecule has 1 N–H and O–H groups in total. The summed E-state index contributed by atoms with van der Waals surface area (Å²) in [6, 6.07) is 6.82. The summed E-state index contributed by atoms with van der Waals surface area (Å²) in [5, 5.41) is 1.50. The zero-order valence-electron chi connectivity index (χ0n) is 16.8. The molecule has 4 rings (SSSR count). The van der Waals surface area contributed by atoms with Gasteiger partial charge in [0.1, 0.15) is 5.82 Å². The SMILES string of the molecule is CC(C)(C)Cn1cc(CNS(=O)C2CC2)c2cc(F)c(-c3ncccc3Cl)cc21. The number of nitrogens with one attached hydrogen (secondary N) is 1. The minimum atomic E-state index is -1.04. The molecule has 0 bridgehead atoms. The van der Waals surface area contributed by atoms with Crippen LogP contribution in [0.2, 0.25) is 5.02 Å². The third-order valence-electron chi connectivity index (χ3n) is 4.94. The highest BCUT2D eigenvalue weighted by atomic mass is 35.5. The Hall–Kier alpha value is -1.76. The molecule has 29 heavy (non-hydrogen) atoms. The van der Waals surface area contributed by atoms with Crippen molar-refractivity contribution in [1.29, 1.82) is 0 Å². The van der Waals surface area contributed by atoms with Crippen LogP contribution in [-0.2, 0) is 24.1 Å². The molecule has 1 atom stereocenters. The van der Waals surface area contributed by atoms with E-state index in [4.69, 9.17) is 11.6 Å². The summed E-state index contributed by atoms with van der Waals surface area (Å²) in [5.41, 5.74) is 2.73. The second-order valence-electron chi connectivity index (χ2n) is 8.84. The summed E-state index contributed by atoms with van der Waals surface area (Å²) in [5.74, 6) is -0.365. The van der Waals surface area contributed by atoms with Gasteiger partial charge in [-0.3, -0.25) is 4.98 Å². The number of halogens is 2. The molecule has 1 saturated carbocycles. The number of hydrogen-bond donors (Lipinski definition) is 1. The maximum absolute atomic E-state index is 15.1. The molecule has 4 nitrogen and oxygen atoms in total. The molecule has 0 saturated heterocycles. The number of hydrogen-bond acceptors (Lipinski definition) is 2. The Kier molecular flexibility index (Phi) is 5.53. The van der Waals surface area contributed by atoms with E-state index in [0.29, 0.717) is 22.8 Å². The van der Waals surface area contributed by atoms with Gasteiger partial charge >= 0.3 is 0 Å². The molecule has 0 aliphatic heterocycles. The zero-order chi connectivity index (χ0) is 20.8. The molecule has 3 aromatic rings. The fraction of sp³-hybridized carbons (Fsp3) is 0.409. The molecule has 0 radical (unpaired) electrons. The van der Waals surface area contributed by atoms with Crippen molar-refractivity contribution in [2.24, 2.45) is 5.41 Å². The van der Waals surface area contributed by atoms with Gasteiger partial charge in [-0.05, 0) is 48.1 Å². The molecule has 154 valence electrons. The quantitative estimate of drug-likeness (QED) is 0.561. The van der Waals surface area contributed by atoms with Crippen LogP contribution in [0.15, 0.2) is 36.7 Å². The molecular formula is C22H25ClFN3OS. The van der Waals surface area contributed by atoms with Crippen LogP contribution in [0.5, 0.6) is 0 Å². The van der Waals surface area contributed by atoms with Gasteiger partial charge < -0.3 is 4.57 Å². The normalized spacial score (nSPS) is 15.8. The van der Waals surface area contributed by atoms with Crippen LogP contribution in [0, 0.1) is 11.2 Å². The van der Waals surface area contributed by atoms with E-state index in [-0.39, 0.29) is 16.5 Å². The van der Waals surface area contributed by atoms with Crippen molar-refractivity contribution >= 4 is 33.5 Å². The minimum Gasteiger partial charge on any atom is -0.347 e. The molecule has 2 heterocycles. The van der Waals surface area contributed by atoms with Crippen molar-refractivity contribution in [3.8, 4) is 11.3 Å². The Morgan fingerprint density at radius 1 is 1.34 bits per heavy atom. The Morgan fingerprint density at radius 2 is 2.10 bits per heavy atom. The van der Waals surface area contributed by atoms with Crippen LogP contribution in [0.25, 0.3) is 22.2 Å². The Balaban J connectivity index is 1.79. The van der Waals surface area contributed by atoms with Gasteiger partial charge in [-0.1, -0.05) is 32.4 Å². The van der Waals surface area contributed by atoms with Crippen molar-refractivity contribution in [2.75, 3.05) is 0 Å². The third-order valence-corrected chi connectivity index (χ3v) is 6.75. The summed E-state index contributed by atoms with van der Waals surface area (Å²) >= 11 is 6.27. The first-order valence-electron chi connectivity index (χ1n) is 9.79. The molecule has 0 spiro atoms. The average Bonchev–Trinajstić information content (AvgIpc) is 3.44. The monoisotopic (exact) mass is 433 g/mol. The van der Waals surface area contributed by atoms with E-state index in [0.717, 1.165) is 35.9 Å². The summed E-state index contributed by atoms with van der Waals surface area (Å²) in [7, 11) is -1.04. The van der Waals surface area contributed by atoms with Crippen LogP contribution in [0.1, 0.15) is 39.2 Å². The molecule has 1 aromatic carbocycles. The van der Waals surface area contributed by atoms with Crippen LogP contribution in [0.3, 0.4) is 0 Å². The molecule has 1 fully saturated rings. The molecule has 2 aromatic heterocycles. The smallest absolute Gasteiger partial charge is 0.133 e. The zero-order valence-corrected chi connectivity index (χ0v) is 18.4. The molecular weight excluding hydrogens is 409 g/mol. The van der Waals surface area contributed by atoms with Crippen LogP contribution in [-0.4, -0.2) is 19.0 Å². The third kappa shape index (κ3) is 4.55.